The number of rotatable bonds is 12. The zero-order chi connectivity index (χ0) is 23.8. The van der Waals surface area contributed by atoms with Gasteiger partial charge in [-0.2, -0.15) is 0 Å². The largest absolute Gasteiger partial charge is 0.465 e. The van der Waals surface area contributed by atoms with Crippen LogP contribution in [0.15, 0.2) is 12.1 Å². The summed E-state index contributed by atoms with van der Waals surface area (Å²) in [4.78, 5) is 26.5. The van der Waals surface area contributed by atoms with Gasteiger partial charge in [-0.05, 0) is 62.5 Å². The summed E-state index contributed by atoms with van der Waals surface area (Å²) in [5.74, 6) is -0.540. The summed E-state index contributed by atoms with van der Waals surface area (Å²) in [5.41, 5.74) is 3.57. The second-order valence-corrected chi connectivity index (χ2v) is 11.5. The lowest BCUT2D eigenvalue weighted by molar-refractivity contribution is -0.147. The average molecular weight is 449 g/mol. The van der Waals surface area contributed by atoms with Gasteiger partial charge in [0.05, 0.1) is 6.61 Å². The highest BCUT2D eigenvalue weighted by atomic mass is 31.1. The van der Waals surface area contributed by atoms with E-state index in [0.717, 1.165) is 42.4 Å². The molecule has 5 heteroatoms. The van der Waals surface area contributed by atoms with E-state index < -0.39 is 11.1 Å². The number of unbranched alkanes of at least 4 members (excludes halogenated alkanes) is 2. The molecule has 0 aliphatic carbocycles. The Kier molecular flexibility index (Phi) is 10.6. The third kappa shape index (κ3) is 8.48. The first-order valence-corrected chi connectivity index (χ1v) is 12.3. The van der Waals surface area contributed by atoms with Gasteiger partial charge in [-0.25, -0.2) is 0 Å². The third-order valence-electron chi connectivity index (χ3n) is 5.59. The first kappa shape index (κ1) is 27.5. The van der Waals surface area contributed by atoms with Gasteiger partial charge in [0.25, 0.3) is 0 Å². The van der Waals surface area contributed by atoms with Gasteiger partial charge in [-0.15, -0.1) is 0 Å². The normalized spacial score (nSPS) is 14.8. The van der Waals surface area contributed by atoms with Gasteiger partial charge in [0.15, 0.2) is 19.4 Å². The van der Waals surface area contributed by atoms with Crippen molar-refractivity contribution in [3.05, 3.63) is 34.4 Å². The van der Waals surface area contributed by atoms with Crippen molar-refractivity contribution in [2.45, 2.75) is 99.1 Å². The molecule has 2 unspecified atom stereocenters. The van der Waals surface area contributed by atoms with Crippen molar-refractivity contribution in [2.75, 3.05) is 6.61 Å². The molecule has 0 heterocycles. The predicted molar refractivity (Wildman–Crippen MR) is 128 cm³/mol. The molecule has 0 fully saturated rings. The van der Waals surface area contributed by atoms with Gasteiger partial charge < -0.3 is 4.74 Å². The monoisotopic (exact) mass is 448 g/mol. The van der Waals surface area contributed by atoms with E-state index >= 15 is 0 Å². The molecule has 2 atom stereocenters. The second-order valence-electron chi connectivity index (χ2n) is 10.4. The van der Waals surface area contributed by atoms with Gasteiger partial charge in [-0.3, -0.25) is 14.2 Å². The maximum absolute atomic E-state index is 13.4. The smallest absolute Gasteiger partial charge is 0.324 e. The van der Waals surface area contributed by atoms with Crippen LogP contribution in [0.1, 0.15) is 100 Å². The standard InChI is InChI=1S/C26H41O4P/c1-9-10-11-12-30-24(28)26(31-29,16-19(3)15-25(6,7)8)17-22(27)23-20(4)13-18(2)14-21(23)5/h13-14,19H,9-12,15-17H2,1-8H3. The molecule has 0 amide bonds. The molecule has 0 N–H and O–H groups in total. The summed E-state index contributed by atoms with van der Waals surface area (Å²) in [5, 5.41) is -1.35. The van der Waals surface area contributed by atoms with E-state index in [-0.39, 0.29) is 32.0 Å². The SMILES string of the molecule is CCCCCOC(=O)C(CC(=O)c1c(C)cc(C)cc1C)(CC(C)CC(C)(C)C)P=O. The lowest BCUT2D eigenvalue weighted by atomic mass is 9.79. The highest BCUT2D eigenvalue weighted by Gasteiger charge is 2.45. The number of ketones is 1. The molecule has 0 saturated carbocycles. The van der Waals surface area contributed by atoms with E-state index in [2.05, 4.69) is 34.6 Å². The van der Waals surface area contributed by atoms with Gasteiger partial charge in [0.2, 0.25) is 0 Å². The highest BCUT2D eigenvalue weighted by molar-refractivity contribution is 7.28. The molecule has 31 heavy (non-hydrogen) atoms. The summed E-state index contributed by atoms with van der Waals surface area (Å²) >= 11 is 0. The molecule has 1 aromatic carbocycles. The van der Waals surface area contributed by atoms with Crippen LogP contribution < -0.4 is 0 Å². The van der Waals surface area contributed by atoms with Crippen LogP contribution in [0.3, 0.4) is 0 Å². The molecule has 0 spiro atoms. The van der Waals surface area contributed by atoms with Crippen LogP contribution >= 0.6 is 8.46 Å². The van der Waals surface area contributed by atoms with Crippen LogP contribution in [0.4, 0.5) is 0 Å². The van der Waals surface area contributed by atoms with E-state index in [1.165, 1.54) is 0 Å². The molecule has 0 aromatic heterocycles. The number of ether oxygens (including phenoxy) is 1. The van der Waals surface area contributed by atoms with E-state index in [1.54, 1.807) is 0 Å². The fourth-order valence-corrected chi connectivity index (χ4v) is 5.39. The van der Waals surface area contributed by atoms with Crippen LogP contribution in [0.25, 0.3) is 0 Å². The van der Waals surface area contributed by atoms with Crippen molar-refractivity contribution in [3.63, 3.8) is 0 Å². The number of benzene rings is 1. The van der Waals surface area contributed by atoms with Crippen LogP contribution in [0.2, 0.25) is 0 Å². The zero-order valence-corrected chi connectivity index (χ0v) is 21.7. The molecule has 1 rings (SSSR count). The summed E-state index contributed by atoms with van der Waals surface area (Å²) < 4.78 is 18.0. The number of hydrogen-bond donors (Lipinski definition) is 0. The lowest BCUT2D eigenvalue weighted by Gasteiger charge is -2.30. The van der Waals surface area contributed by atoms with Crippen molar-refractivity contribution in [3.8, 4) is 0 Å². The summed E-state index contributed by atoms with van der Waals surface area (Å²) in [7, 11) is -0.345. The molecule has 0 bridgehead atoms. The second kappa shape index (κ2) is 11.9. The van der Waals surface area contributed by atoms with Gasteiger partial charge in [0.1, 0.15) is 0 Å². The number of Topliss-reactive ketones (excluding diaryl/α,β-unsaturated/α-hetero) is 1. The molecule has 4 nitrogen and oxygen atoms in total. The van der Waals surface area contributed by atoms with E-state index in [9.17, 15) is 14.2 Å². The van der Waals surface area contributed by atoms with Crippen LogP contribution in [0.5, 0.6) is 0 Å². The van der Waals surface area contributed by atoms with Gasteiger partial charge in [0, 0.05) is 12.0 Å². The number of esters is 1. The number of carbonyl (C=O) groups excluding carboxylic acids is 2. The Hall–Kier alpha value is -1.54. The van der Waals surface area contributed by atoms with Crippen LogP contribution in [-0.4, -0.2) is 23.5 Å². The minimum Gasteiger partial charge on any atom is -0.465 e. The zero-order valence-electron chi connectivity index (χ0n) is 20.8. The quantitative estimate of drug-likeness (QED) is 0.145. The van der Waals surface area contributed by atoms with Crippen molar-refractivity contribution in [2.24, 2.45) is 11.3 Å². The van der Waals surface area contributed by atoms with Gasteiger partial charge in [-0.1, -0.05) is 65.2 Å². The summed E-state index contributed by atoms with van der Waals surface area (Å²) in [6.07, 6.45) is 3.88. The Morgan fingerprint density at radius 3 is 2.10 bits per heavy atom. The molecule has 1 aromatic rings. The Morgan fingerprint density at radius 2 is 1.61 bits per heavy atom. The number of aryl methyl sites for hydroxylation is 3. The molecular formula is C26H41O4P. The van der Waals surface area contributed by atoms with Crippen molar-refractivity contribution >= 4 is 20.2 Å². The van der Waals surface area contributed by atoms with Crippen molar-refractivity contribution < 1.29 is 18.9 Å². The highest BCUT2D eigenvalue weighted by Crippen LogP contribution is 2.40. The average Bonchev–Trinajstić information content (AvgIpc) is 2.61. The molecule has 0 aliphatic heterocycles. The lowest BCUT2D eigenvalue weighted by Crippen LogP contribution is -2.39. The molecular weight excluding hydrogens is 407 g/mol. The van der Waals surface area contributed by atoms with Crippen molar-refractivity contribution in [1.82, 2.24) is 0 Å². The first-order chi connectivity index (χ1) is 14.3. The van der Waals surface area contributed by atoms with Crippen molar-refractivity contribution in [1.29, 1.82) is 0 Å². The van der Waals surface area contributed by atoms with E-state index in [0.29, 0.717) is 18.6 Å². The Morgan fingerprint density at radius 1 is 1.03 bits per heavy atom. The third-order valence-corrected chi connectivity index (χ3v) is 6.46. The Bertz CT molecular complexity index is 755. The Balaban J connectivity index is 3.22. The van der Waals surface area contributed by atoms with E-state index in [1.807, 2.05) is 32.9 Å². The topological polar surface area (TPSA) is 60.4 Å². The van der Waals surface area contributed by atoms with Crippen LogP contribution in [0, 0.1) is 32.1 Å². The maximum Gasteiger partial charge on any atom is 0.324 e. The fourth-order valence-electron chi connectivity index (χ4n) is 4.65. The molecule has 0 radical (unpaired) electrons. The Labute approximate surface area is 190 Å². The van der Waals surface area contributed by atoms with Crippen LogP contribution in [-0.2, 0) is 14.1 Å². The van der Waals surface area contributed by atoms with E-state index in [4.69, 9.17) is 4.74 Å². The maximum atomic E-state index is 13.4. The number of hydrogen-bond acceptors (Lipinski definition) is 4. The molecule has 174 valence electrons. The minimum absolute atomic E-state index is 0.0735. The molecule has 0 saturated heterocycles. The summed E-state index contributed by atoms with van der Waals surface area (Å²) in [6, 6.07) is 3.95. The minimum atomic E-state index is -1.35. The first-order valence-electron chi connectivity index (χ1n) is 11.5. The number of carbonyl (C=O) groups is 2. The summed E-state index contributed by atoms with van der Waals surface area (Å²) in [6.45, 7) is 16.7. The predicted octanol–water partition coefficient (Wildman–Crippen LogP) is 7.41. The molecule has 0 aliphatic rings. The fraction of sp³-hybridized carbons (Fsp3) is 0.692. The van der Waals surface area contributed by atoms with Gasteiger partial charge >= 0.3 is 5.97 Å².